The molecule has 0 fully saturated rings. The molecule has 0 aromatic heterocycles. The van der Waals surface area contributed by atoms with Gasteiger partial charge in [-0.1, -0.05) is 62.2 Å². The highest BCUT2D eigenvalue weighted by atomic mass is 79.9. The van der Waals surface area contributed by atoms with Crippen LogP contribution in [0, 0.1) is 0 Å². The van der Waals surface area contributed by atoms with Gasteiger partial charge in [-0.2, -0.15) is 0 Å². The summed E-state index contributed by atoms with van der Waals surface area (Å²) >= 11 is 6.33. The van der Waals surface area contributed by atoms with Gasteiger partial charge in [-0.3, -0.25) is 0 Å². The number of alkyl halides is 2. The van der Waals surface area contributed by atoms with Crippen molar-refractivity contribution in [2.24, 2.45) is 0 Å². The second kappa shape index (κ2) is 5.32. The van der Waals surface area contributed by atoms with Gasteiger partial charge in [-0.25, -0.2) is 4.79 Å². The van der Waals surface area contributed by atoms with Gasteiger partial charge < -0.3 is 5.11 Å². The molecule has 14 heavy (non-hydrogen) atoms. The third-order valence-electron chi connectivity index (χ3n) is 1.60. The zero-order chi connectivity index (χ0) is 10.6. The van der Waals surface area contributed by atoms with Crippen LogP contribution in [-0.2, 0) is 4.79 Å². The van der Waals surface area contributed by atoms with Crippen LogP contribution >= 0.6 is 31.9 Å². The van der Waals surface area contributed by atoms with Gasteiger partial charge in [0.1, 0.15) is 3.74 Å². The van der Waals surface area contributed by atoms with Crippen molar-refractivity contribution in [1.82, 2.24) is 0 Å². The molecule has 0 aliphatic heterocycles. The second-order valence-corrected chi connectivity index (χ2v) is 5.68. The zero-order valence-electron chi connectivity index (χ0n) is 7.15. The van der Waals surface area contributed by atoms with Crippen molar-refractivity contribution in [2.45, 2.75) is 3.74 Å². The summed E-state index contributed by atoms with van der Waals surface area (Å²) in [7, 11) is 0. The maximum absolute atomic E-state index is 10.8. The highest BCUT2D eigenvalue weighted by Crippen LogP contribution is 2.21. The molecule has 4 heteroatoms. The molecule has 1 aromatic carbocycles. The molecule has 0 saturated carbocycles. The van der Waals surface area contributed by atoms with Gasteiger partial charge in [0.15, 0.2) is 0 Å². The number of benzene rings is 1. The molecule has 0 atom stereocenters. The van der Waals surface area contributed by atoms with Crippen molar-refractivity contribution in [2.75, 3.05) is 0 Å². The summed E-state index contributed by atoms with van der Waals surface area (Å²) in [6, 6.07) is 9.32. The van der Waals surface area contributed by atoms with Crippen LogP contribution < -0.4 is 0 Å². The summed E-state index contributed by atoms with van der Waals surface area (Å²) in [6.45, 7) is 0. The van der Waals surface area contributed by atoms with Crippen molar-refractivity contribution >= 4 is 43.9 Å². The summed E-state index contributed by atoms with van der Waals surface area (Å²) in [5.74, 6) is -0.937. The summed E-state index contributed by atoms with van der Waals surface area (Å²) in [6.07, 6.45) is 1.62. The number of rotatable bonds is 3. The van der Waals surface area contributed by atoms with Gasteiger partial charge in [-0.05, 0) is 11.6 Å². The van der Waals surface area contributed by atoms with E-state index >= 15 is 0 Å². The van der Waals surface area contributed by atoms with Gasteiger partial charge in [0.05, 0.1) is 5.57 Å². The van der Waals surface area contributed by atoms with E-state index in [0.717, 1.165) is 5.56 Å². The van der Waals surface area contributed by atoms with Crippen molar-refractivity contribution in [3.8, 4) is 0 Å². The molecule has 1 aromatic rings. The van der Waals surface area contributed by atoms with E-state index in [4.69, 9.17) is 5.11 Å². The Bertz CT molecular complexity index is 344. The first-order chi connectivity index (χ1) is 6.61. The topological polar surface area (TPSA) is 37.3 Å². The van der Waals surface area contributed by atoms with Crippen LogP contribution in [0.15, 0.2) is 35.9 Å². The molecule has 0 heterocycles. The fourth-order valence-electron chi connectivity index (χ4n) is 0.947. The van der Waals surface area contributed by atoms with Gasteiger partial charge in [0.2, 0.25) is 0 Å². The number of aliphatic carboxylic acids is 1. The van der Waals surface area contributed by atoms with Gasteiger partial charge in [0.25, 0.3) is 0 Å². The Hall–Kier alpha value is -0.610. The van der Waals surface area contributed by atoms with Crippen molar-refractivity contribution in [1.29, 1.82) is 0 Å². The van der Waals surface area contributed by atoms with Gasteiger partial charge in [-0.15, -0.1) is 0 Å². The number of carboxylic acids is 1. The Morgan fingerprint density at radius 1 is 1.29 bits per heavy atom. The quantitative estimate of drug-likeness (QED) is 0.686. The zero-order valence-corrected chi connectivity index (χ0v) is 10.3. The van der Waals surface area contributed by atoms with Crippen LogP contribution in [0.2, 0.25) is 0 Å². The molecular formula is C10H8Br2O2. The first kappa shape index (κ1) is 11.5. The molecule has 0 unspecified atom stereocenters. The fourth-order valence-corrected chi connectivity index (χ4v) is 1.60. The highest BCUT2D eigenvalue weighted by Gasteiger charge is 2.14. The van der Waals surface area contributed by atoms with E-state index < -0.39 is 5.97 Å². The highest BCUT2D eigenvalue weighted by molar-refractivity contribution is 9.24. The van der Waals surface area contributed by atoms with Gasteiger partial charge >= 0.3 is 5.97 Å². The first-order valence-electron chi connectivity index (χ1n) is 3.89. The Morgan fingerprint density at radius 2 is 1.86 bits per heavy atom. The smallest absolute Gasteiger partial charge is 0.333 e. The minimum absolute atomic E-state index is 0.274. The van der Waals surface area contributed by atoms with E-state index in [1.807, 2.05) is 30.3 Å². The molecule has 0 saturated heterocycles. The number of hydrogen-bond acceptors (Lipinski definition) is 1. The number of carboxylic acid groups (broad SMARTS) is 1. The fraction of sp³-hybridized carbons (Fsp3) is 0.100. The lowest BCUT2D eigenvalue weighted by molar-refractivity contribution is -0.132. The van der Waals surface area contributed by atoms with E-state index in [9.17, 15) is 4.79 Å². The first-order valence-corrected chi connectivity index (χ1v) is 5.72. The minimum Gasteiger partial charge on any atom is -0.478 e. The van der Waals surface area contributed by atoms with Crippen LogP contribution in [0.25, 0.3) is 6.08 Å². The molecule has 0 aliphatic carbocycles. The molecule has 0 radical (unpaired) electrons. The predicted molar refractivity (Wildman–Crippen MR) is 63.7 cm³/mol. The molecule has 0 spiro atoms. The summed E-state index contributed by atoms with van der Waals surface area (Å²) in [4.78, 5) is 10.8. The number of hydrogen-bond donors (Lipinski definition) is 1. The molecular weight excluding hydrogens is 312 g/mol. The standard InChI is InChI=1S/C10H8Br2O2/c11-9(12)8(10(13)14)6-7-4-2-1-3-5-7/h1-6,9H,(H,13,14). The molecule has 0 amide bonds. The molecule has 74 valence electrons. The van der Waals surface area contributed by atoms with Gasteiger partial charge in [0, 0.05) is 0 Å². The van der Waals surface area contributed by atoms with E-state index in [2.05, 4.69) is 31.9 Å². The number of carbonyl (C=O) groups is 1. The Morgan fingerprint density at radius 3 is 2.29 bits per heavy atom. The molecule has 2 nitrogen and oxygen atoms in total. The van der Waals surface area contributed by atoms with Crippen molar-refractivity contribution in [3.05, 3.63) is 41.5 Å². The molecule has 1 N–H and O–H groups in total. The van der Waals surface area contributed by atoms with Crippen LogP contribution in [-0.4, -0.2) is 14.8 Å². The van der Waals surface area contributed by atoms with Crippen molar-refractivity contribution < 1.29 is 9.90 Å². The largest absolute Gasteiger partial charge is 0.478 e. The summed E-state index contributed by atoms with van der Waals surface area (Å²) in [5, 5.41) is 8.88. The summed E-state index contributed by atoms with van der Waals surface area (Å²) < 4.78 is -0.340. The van der Waals surface area contributed by atoms with Crippen LogP contribution in [0.3, 0.4) is 0 Å². The minimum atomic E-state index is -0.937. The maximum Gasteiger partial charge on any atom is 0.333 e. The lowest BCUT2D eigenvalue weighted by atomic mass is 10.1. The second-order valence-electron chi connectivity index (χ2n) is 2.62. The van der Waals surface area contributed by atoms with Crippen LogP contribution in [0.1, 0.15) is 5.56 Å². The predicted octanol–water partition coefficient (Wildman–Crippen LogP) is 3.27. The van der Waals surface area contributed by atoms with E-state index in [1.165, 1.54) is 0 Å². The Kier molecular flexibility index (Phi) is 4.35. The third kappa shape index (κ3) is 3.27. The SMILES string of the molecule is O=C(O)C(=Cc1ccccc1)C(Br)Br. The Balaban J connectivity index is 3.00. The van der Waals surface area contributed by atoms with E-state index in [0.29, 0.717) is 0 Å². The van der Waals surface area contributed by atoms with E-state index in [-0.39, 0.29) is 9.31 Å². The van der Waals surface area contributed by atoms with E-state index in [1.54, 1.807) is 6.08 Å². The lowest BCUT2D eigenvalue weighted by Gasteiger charge is -2.02. The normalized spacial score (nSPS) is 11.8. The molecule has 1 rings (SSSR count). The summed E-state index contributed by atoms with van der Waals surface area (Å²) in [5.41, 5.74) is 1.14. The number of halogens is 2. The third-order valence-corrected chi connectivity index (χ3v) is 2.59. The average molecular weight is 320 g/mol. The molecule has 0 aliphatic rings. The molecule has 0 bridgehead atoms. The maximum atomic E-state index is 10.8. The van der Waals surface area contributed by atoms with Crippen LogP contribution in [0.5, 0.6) is 0 Å². The Labute approximate surface area is 98.9 Å². The van der Waals surface area contributed by atoms with Crippen LogP contribution in [0.4, 0.5) is 0 Å². The monoisotopic (exact) mass is 318 g/mol. The van der Waals surface area contributed by atoms with Crippen molar-refractivity contribution in [3.63, 3.8) is 0 Å². The average Bonchev–Trinajstić information content (AvgIpc) is 2.15. The lowest BCUT2D eigenvalue weighted by Crippen LogP contribution is -2.06.